The summed E-state index contributed by atoms with van der Waals surface area (Å²) in [6.45, 7) is 3.78. The average Bonchev–Trinajstić information content (AvgIpc) is 3.46. The minimum absolute atomic E-state index is 0.00829. The van der Waals surface area contributed by atoms with Crippen LogP contribution in [0.1, 0.15) is 25.0 Å². The van der Waals surface area contributed by atoms with Crippen LogP contribution in [-0.2, 0) is 27.5 Å². The summed E-state index contributed by atoms with van der Waals surface area (Å²) >= 11 is 0. The molecule has 0 fully saturated rings. The van der Waals surface area contributed by atoms with Gasteiger partial charge in [-0.3, -0.25) is 9.59 Å². The maximum Gasteiger partial charge on any atom is 0.245 e. The second kappa shape index (κ2) is 12.2. The molecule has 1 heterocycles. The van der Waals surface area contributed by atoms with Crippen molar-refractivity contribution < 1.29 is 14.3 Å². The van der Waals surface area contributed by atoms with Crippen LogP contribution in [0.15, 0.2) is 78.9 Å². The van der Waals surface area contributed by atoms with Crippen molar-refractivity contribution in [2.24, 2.45) is 5.73 Å². The minimum atomic E-state index is -1.13. The Bertz CT molecular complexity index is 1340. The number of hydrogen-bond acceptors (Lipinski definition) is 7. The van der Waals surface area contributed by atoms with Gasteiger partial charge in [-0.05, 0) is 41.3 Å². The number of H-pyrrole nitrogens is 1. The van der Waals surface area contributed by atoms with E-state index in [1.165, 1.54) is 0 Å². The number of aromatic nitrogens is 4. The second-order valence-corrected chi connectivity index (χ2v) is 9.44. The number of benzene rings is 3. The summed E-state index contributed by atoms with van der Waals surface area (Å²) < 4.78 is 5.74. The lowest BCUT2D eigenvalue weighted by molar-refractivity contribution is -0.132. The Hall–Kier alpha value is -4.41. The second-order valence-electron chi connectivity index (χ2n) is 9.44. The van der Waals surface area contributed by atoms with E-state index in [1.807, 2.05) is 78.9 Å². The van der Waals surface area contributed by atoms with Gasteiger partial charge in [0.1, 0.15) is 6.04 Å². The summed E-state index contributed by atoms with van der Waals surface area (Å²) in [5.41, 5.74) is 9.45. The molecule has 0 bridgehead atoms. The van der Waals surface area contributed by atoms with E-state index in [-0.39, 0.29) is 19.1 Å². The Labute approximate surface area is 221 Å². The number of ether oxygens (including phenoxy) is 1. The molecule has 4 rings (SSSR count). The van der Waals surface area contributed by atoms with Crippen molar-refractivity contribution >= 4 is 11.8 Å². The topological polar surface area (TPSA) is 148 Å². The standard InChI is InChI=1S/C28H31N7O3/c1-28(2,29)27(37)31-24(18-38-17-20-8-4-3-5-9-20)26(36)30-16-19-12-14-21(15-13-19)22-10-6-7-11-23(22)25-32-34-35-33-25/h3-15,24H,16-18,29H2,1-2H3,(H,30,36)(H,31,37)(H,32,33,34,35)/t24-/m1/s1. The van der Waals surface area contributed by atoms with Gasteiger partial charge < -0.3 is 21.1 Å². The lowest BCUT2D eigenvalue weighted by atomic mass is 9.98. The van der Waals surface area contributed by atoms with Gasteiger partial charge in [-0.15, -0.1) is 10.2 Å². The van der Waals surface area contributed by atoms with Gasteiger partial charge in [0.15, 0.2) is 0 Å². The van der Waals surface area contributed by atoms with E-state index in [9.17, 15) is 9.59 Å². The average molecular weight is 514 g/mol. The maximum absolute atomic E-state index is 13.0. The molecule has 0 unspecified atom stereocenters. The Balaban J connectivity index is 1.39. The Morgan fingerprint density at radius 1 is 0.947 bits per heavy atom. The van der Waals surface area contributed by atoms with E-state index >= 15 is 0 Å². The zero-order valence-corrected chi connectivity index (χ0v) is 21.3. The fourth-order valence-electron chi connectivity index (χ4n) is 3.72. The van der Waals surface area contributed by atoms with Crippen LogP contribution in [0.5, 0.6) is 0 Å². The summed E-state index contributed by atoms with van der Waals surface area (Å²) in [5.74, 6) is -0.284. The highest BCUT2D eigenvalue weighted by atomic mass is 16.5. The van der Waals surface area contributed by atoms with Crippen molar-refractivity contribution in [2.45, 2.75) is 38.6 Å². The zero-order chi connectivity index (χ0) is 27.0. The molecule has 0 aliphatic heterocycles. The molecule has 0 aliphatic rings. The summed E-state index contributed by atoms with van der Waals surface area (Å²) in [5, 5.41) is 19.9. The van der Waals surface area contributed by atoms with Crippen molar-refractivity contribution in [3.05, 3.63) is 90.0 Å². The van der Waals surface area contributed by atoms with E-state index in [0.29, 0.717) is 12.4 Å². The maximum atomic E-state index is 13.0. The van der Waals surface area contributed by atoms with E-state index < -0.39 is 17.5 Å². The normalized spacial score (nSPS) is 12.1. The molecule has 1 atom stereocenters. The lowest BCUT2D eigenvalue weighted by Crippen LogP contribution is -2.57. The quantitative estimate of drug-likeness (QED) is 0.241. The first kappa shape index (κ1) is 26.6. The van der Waals surface area contributed by atoms with Crippen LogP contribution in [0.25, 0.3) is 22.5 Å². The molecule has 38 heavy (non-hydrogen) atoms. The van der Waals surface area contributed by atoms with Gasteiger partial charge in [0, 0.05) is 12.1 Å². The van der Waals surface area contributed by atoms with Gasteiger partial charge in [0.25, 0.3) is 0 Å². The molecule has 0 aliphatic carbocycles. The number of carbonyl (C=O) groups is 2. The summed E-state index contributed by atoms with van der Waals surface area (Å²) in [6, 6.07) is 24.3. The molecule has 5 N–H and O–H groups in total. The highest BCUT2D eigenvalue weighted by Crippen LogP contribution is 2.29. The van der Waals surface area contributed by atoms with Crippen molar-refractivity contribution in [3.63, 3.8) is 0 Å². The van der Waals surface area contributed by atoms with Crippen LogP contribution in [0.2, 0.25) is 0 Å². The smallest absolute Gasteiger partial charge is 0.245 e. The number of rotatable bonds is 11. The fraction of sp³-hybridized carbons (Fsp3) is 0.250. The van der Waals surface area contributed by atoms with E-state index in [1.54, 1.807) is 13.8 Å². The van der Waals surface area contributed by atoms with Crippen molar-refractivity contribution in [2.75, 3.05) is 6.61 Å². The highest BCUT2D eigenvalue weighted by Gasteiger charge is 2.28. The molecule has 196 valence electrons. The predicted octanol–water partition coefficient (Wildman–Crippen LogP) is 2.59. The van der Waals surface area contributed by atoms with Gasteiger partial charge in [-0.25, -0.2) is 0 Å². The van der Waals surface area contributed by atoms with Crippen LogP contribution in [0, 0.1) is 0 Å². The van der Waals surface area contributed by atoms with Crippen molar-refractivity contribution in [3.8, 4) is 22.5 Å². The monoisotopic (exact) mass is 513 g/mol. The number of aromatic amines is 1. The van der Waals surface area contributed by atoms with Gasteiger partial charge in [-0.2, -0.15) is 5.21 Å². The van der Waals surface area contributed by atoms with E-state index in [4.69, 9.17) is 10.5 Å². The molecule has 0 saturated carbocycles. The predicted molar refractivity (Wildman–Crippen MR) is 143 cm³/mol. The third kappa shape index (κ3) is 7.09. The molecule has 0 spiro atoms. The van der Waals surface area contributed by atoms with E-state index in [2.05, 4.69) is 31.3 Å². The molecule has 0 saturated heterocycles. The van der Waals surface area contributed by atoms with Gasteiger partial charge in [0.05, 0.1) is 18.8 Å². The number of nitrogens with one attached hydrogen (secondary N) is 3. The van der Waals surface area contributed by atoms with Crippen LogP contribution in [0.4, 0.5) is 0 Å². The number of amides is 2. The molecule has 10 heteroatoms. The van der Waals surface area contributed by atoms with Crippen LogP contribution < -0.4 is 16.4 Å². The Morgan fingerprint density at radius 3 is 2.29 bits per heavy atom. The fourth-order valence-corrected chi connectivity index (χ4v) is 3.72. The van der Waals surface area contributed by atoms with Gasteiger partial charge >= 0.3 is 0 Å². The molecule has 3 aromatic carbocycles. The van der Waals surface area contributed by atoms with E-state index in [0.717, 1.165) is 27.8 Å². The van der Waals surface area contributed by atoms with Crippen molar-refractivity contribution in [1.29, 1.82) is 0 Å². The molecule has 4 aromatic rings. The molecular weight excluding hydrogens is 482 g/mol. The molecule has 0 radical (unpaired) electrons. The van der Waals surface area contributed by atoms with Crippen LogP contribution in [0.3, 0.4) is 0 Å². The number of nitrogens with two attached hydrogens (primary N) is 1. The van der Waals surface area contributed by atoms with Gasteiger partial charge in [0.2, 0.25) is 17.6 Å². The molecular formula is C28H31N7O3. The first-order valence-electron chi connectivity index (χ1n) is 12.2. The first-order valence-corrected chi connectivity index (χ1v) is 12.2. The summed E-state index contributed by atoms with van der Waals surface area (Å²) in [6.07, 6.45) is 0. The first-order chi connectivity index (χ1) is 18.3. The minimum Gasteiger partial charge on any atom is -0.374 e. The molecule has 10 nitrogen and oxygen atoms in total. The number of hydrogen-bond donors (Lipinski definition) is 4. The summed E-state index contributed by atoms with van der Waals surface area (Å²) in [4.78, 5) is 25.5. The lowest BCUT2D eigenvalue weighted by Gasteiger charge is -2.24. The largest absolute Gasteiger partial charge is 0.374 e. The Morgan fingerprint density at radius 2 is 1.63 bits per heavy atom. The van der Waals surface area contributed by atoms with Crippen molar-refractivity contribution in [1.82, 2.24) is 31.3 Å². The Kier molecular flexibility index (Phi) is 8.57. The van der Waals surface area contributed by atoms with Gasteiger partial charge in [-0.1, -0.05) is 78.9 Å². The summed E-state index contributed by atoms with van der Waals surface area (Å²) in [7, 11) is 0. The highest BCUT2D eigenvalue weighted by molar-refractivity contribution is 5.91. The third-order valence-corrected chi connectivity index (χ3v) is 5.85. The molecule has 2 amide bonds. The molecule has 1 aromatic heterocycles. The number of tetrazole rings is 1. The number of carbonyl (C=O) groups excluding carboxylic acids is 2. The number of nitrogens with zero attached hydrogens (tertiary/aromatic N) is 3. The third-order valence-electron chi connectivity index (χ3n) is 5.85. The van der Waals surface area contributed by atoms with Crippen LogP contribution >= 0.6 is 0 Å². The van der Waals surface area contributed by atoms with Crippen LogP contribution in [-0.4, -0.2) is 50.6 Å². The zero-order valence-electron chi connectivity index (χ0n) is 21.3. The SMILES string of the molecule is CC(C)(N)C(=O)N[C@H](COCc1ccccc1)C(=O)NCc1ccc(-c2ccccc2-c2nn[nH]n2)cc1.